The maximum absolute atomic E-state index is 12.2. The van der Waals surface area contributed by atoms with Crippen molar-refractivity contribution < 1.29 is 9.21 Å². The zero-order chi connectivity index (χ0) is 17.3. The summed E-state index contributed by atoms with van der Waals surface area (Å²) in [6, 6.07) is 3.38. The van der Waals surface area contributed by atoms with E-state index in [2.05, 4.69) is 15.5 Å². The van der Waals surface area contributed by atoms with Gasteiger partial charge in [-0.05, 0) is 12.1 Å². The minimum Gasteiger partial charge on any atom is -0.463 e. The van der Waals surface area contributed by atoms with Crippen LogP contribution in [0.25, 0.3) is 11.2 Å². The molecule has 0 spiro atoms. The lowest BCUT2D eigenvalue weighted by Crippen LogP contribution is -2.38. The van der Waals surface area contributed by atoms with Gasteiger partial charge in [0.25, 0.3) is 11.5 Å². The molecule has 0 saturated carbocycles. The van der Waals surface area contributed by atoms with E-state index in [1.165, 1.54) is 42.0 Å². The molecule has 0 unspecified atom stereocenters. The van der Waals surface area contributed by atoms with Gasteiger partial charge in [0.05, 0.1) is 18.8 Å². The number of aryl methyl sites for hydroxylation is 1. The third kappa shape index (κ3) is 2.64. The molecule has 3 heterocycles. The van der Waals surface area contributed by atoms with Gasteiger partial charge in [0.1, 0.15) is 12.3 Å². The number of rotatable bonds is 4. The van der Waals surface area contributed by atoms with Crippen LogP contribution >= 0.6 is 0 Å². The zero-order valence-electron chi connectivity index (χ0n) is 13.0. The Kier molecular flexibility index (Phi) is 3.86. The lowest BCUT2D eigenvalue weighted by atomic mass is 10.4. The van der Waals surface area contributed by atoms with E-state index in [4.69, 9.17) is 4.42 Å². The van der Waals surface area contributed by atoms with Gasteiger partial charge in [-0.3, -0.25) is 18.7 Å². The van der Waals surface area contributed by atoms with E-state index in [1.807, 2.05) is 0 Å². The van der Waals surface area contributed by atoms with E-state index in [1.54, 1.807) is 12.1 Å². The Labute approximate surface area is 134 Å². The van der Waals surface area contributed by atoms with E-state index in [0.717, 1.165) is 4.57 Å². The Morgan fingerprint density at radius 3 is 2.88 bits per heavy atom. The Bertz CT molecular complexity index is 1040. The molecule has 0 bridgehead atoms. The number of carbonyl (C=O) groups excluding carboxylic acids is 1. The molecular formula is C14H14N6O4. The number of aromatic nitrogens is 4. The van der Waals surface area contributed by atoms with Crippen LogP contribution in [-0.2, 0) is 25.4 Å². The molecule has 1 N–H and O–H groups in total. The average Bonchev–Trinajstić information content (AvgIpc) is 3.21. The number of nitrogens with one attached hydrogen (secondary N) is 1. The molecule has 3 rings (SSSR count). The highest BCUT2D eigenvalue weighted by Gasteiger charge is 2.15. The van der Waals surface area contributed by atoms with E-state index < -0.39 is 17.2 Å². The van der Waals surface area contributed by atoms with Crippen LogP contribution in [0.2, 0.25) is 0 Å². The number of amides is 1. The van der Waals surface area contributed by atoms with Crippen LogP contribution in [0.4, 0.5) is 0 Å². The van der Waals surface area contributed by atoms with Crippen LogP contribution in [-0.4, -0.2) is 30.8 Å². The summed E-state index contributed by atoms with van der Waals surface area (Å²) in [6.07, 6.45) is 4.18. The lowest BCUT2D eigenvalue weighted by Gasteiger charge is -2.05. The highest BCUT2D eigenvalue weighted by Crippen LogP contribution is 2.05. The standard InChI is InChI=1S/C14H14N6O4/c1-18-12-11(13(22)19(2)14(18)23)20(8-15-12)7-10(21)17-16-6-9-4-3-5-24-9/h3-6,8H,7H2,1-2H3,(H,17,21). The van der Waals surface area contributed by atoms with Gasteiger partial charge >= 0.3 is 5.69 Å². The van der Waals surface area contributed by atoms with E-state index in [9.17, 15) is 14.4 Å². The highest BCUT2D eigenvalue weighted by atomic mass is 16.3. The first-order valence-electron chi connectivity index (χ1n) is 6.95. The summed E-state index contributed by atoms with van der Waals surface area (Å²) in [4.78, 5) is 40.1. The molecule has 0 aromatic carbocycles. The van der Waals surface area contributed by atoms with Crippen LogP contribution in [0.15, 0.2) is 43.8 Å². The fourth-order valence-corrected chi connectivity index (χ4v) is 2.24. The molecular weight excluding hydrogens is 316 g/mol. The normalized spacial score (nSPS) is 11.4. The number of imidazole rings is 1. The maximum atomic E-state index is 12.2. The number of carbonyl (C=O) groups is 1. The molecule has 0 aliphatic heterocycles. The summed E-state index contributed by atoms with van der Waals surface area (Å²) in [5.41, 5.74) is 1.72. The summed E-state index contributed by atoms with van der Waals surface area (Å²) >= 11 is 0. The van der Waals surface area contributed by atoms with Crippen LogP contribution in [0.1, 0.15) is 5.76 Å². The topological polar surface area (TPSA) is 116 Å². The zero-order valence-corrected chi connectivity index (χ0v) is 13.0. The number of furan rings is 1. The van der Waals surface area contributed by atoms with Crippen LogP contribution in [0, 0.1) is 0 Å². The molecule has 0 aliphatic rings. The van der Waals surface area contributed by atoms with Crippen molar-refractivity contribution in [2.45, 2.75) is 6.54 Å². The molecule has 0 aliphatic carbocycles. The second-order valence-corrected chi connectivity index (χ2v) is 5.06. The number of hydrogen-bond acceptors (Lipinski definition) is 6. The van der Waals surface area contributed by atoms with Gasteiger partial charge in [-0.1, -0.05) is 0 Å². The number of nitrogens with zero attached hydrogens (tertiary/aromatic N) is 5. The highest BCUT2D eigenvalue weighted by molar-refractivity contribution is 5.81. The molecule has 124 valence electrons. The molecule has 3 aromatic heterocycles. The van der Waals surface area contributed by atoms with E-state index >= 15 is 0 Å². The second-order valence-electron chi connectivity index (χ2n) is 5.06. The van der Waals surface area contributed by atoms with E-state index in [0.29, 0.717) is 5.76 Å². The van der Waals surface area contributed by atoms with Gasteiger partial charge in [-0.15, -0.1) is 0 Å². The van der Waals surface area contributed by atoms with Gasteiger partial charge in [0, 0.05) is 14.1 Å². The van der Waals surface area contributed by atoms with Gasteiger partial charge in [-0.25, -0.2) is 15.2 Å². The van der Waals surface area contributed by atoms with E-state index in [-0.39, 0.29) is 17.7 Å². The third-order valence-corrected chi connectivity index (χ3v) is 3.46. The Morgan fingerprint density at radius 1 is 1.38 bits per heavy atom. The fourth-order valence-electron chi connectivity index (χ4n) is 2.24. The first kappa shape index (κ1) is 15.5. The molecule has 0 atom stereocenters. The van der Waals surface area contributed by atoms with Gasteiger partial charge < -0.3 is 8.98 Å². The minimum absolute atomic E-state index is 0.167. The monoisotopic (exact) mass is 330 g/mol. The molecule has 1 amide bonds. The molecule has 0 saturated heterocycles. The smallest absolute Gasteiger partial charge is 0.332 e. The first-order valence-corrected chi connectivity index (χ1v) is 6.95. The summed E-state index contributed by atoms with van der Waals surface area (Å²) in [5.74, 6) is 0.0419. The first-order chi connectivity index (χ1) is 11.5. The molecule has 10 heteroatoms. The quantitative estimate of drug-likeness (QED) is 0.495. The fraction of sp³-hybridized carbons (Fsp3) is 0.214. The molecule has 10 nitrogen and oxygen atoms in total. The van der Waals surface area contributed by atoms with Crippen molar-refractivity contribution in [3.63, 3.8) is 0 Å². The van der Waals surface area contributed by atoms with Crippen LogP contribution < -0.4 is 16.7 Å². The Morgan fingerprint density at radius 2 is 2.17 bits per heavy atom. The predicted octanol–water partition coefficient (Wildman–Crippen LogP) is -0.823. The van der Waals surface area contributed by atoms with Crippen molar-refractivity contribution >= 4 is 23.3 Å². The van der Waals surface area contributed by atoms with Crippen molar-refractivity contribution in [3.8, 4) is 0 Å². The summed E-state index contributed by atoms with van der Waals surface area (Å²) in [5, 5.41) is 3.76. The Hall–Kier alpha value is -3.43. The van der Waals surface area contributed by atoms with Crippen molar-refractivity contribution in [2.75, 3.05) is 0 Å². The average molecular weight is 330 g/mol. The lowest BCUT2D eigenvalue weighted by molar-refractivity contribution is -0.121. The largest absolute Gasteiger partial charge is 0.463 e. The van der Waals surface area contributed by atoms with Crippen LogP contribution in [0.5, 0.6) is 0 Å². The molecule has 3 aromatic rings. The van der Waals surface area contributed by atoms with Gasteiger partial charge in [0.2, 0.25) is 0 Å². The minimum atomic E-state index is -0.516. The van der Waals surface area contributed by atoms with Gasteiger partial charge in [0.15, 0.2) is 11.2 Å². The summed E-state index contributed by atoms with van der Waals surface area (Å²) in [6.45, 7) is -0.167. The number of hydrazone groups is 1. The summed E-state index contributed by atoms with van der Waals surface area (Å²) in [7, 11) is 2.88. The van der Waals surface area contributed by atoms with Crippen molar-refractivity contribution in [1.29, 1.82) is 0 Å². The third-order valence-electron chi connectivity index (χ3n) is 3.46. The van der Waals surface area contributed by atoms with Crippen molar-refractivity contribution in [2.24, 2.45) is 19.2 Å². The Balaban J connectivity index is 1.84. The number of hydrogen-bond donors (Lipinski definition) is 1. The number of fused-ring (bicyclic) bond motifs is 1. The van der Waals surface area contributed by atoms with Crippen molar-refractivity contribution in [1.82, 2.24) is 24.1 Å². The van der Waals surface area contributed by atoms with Gasteiger partial charge in [-0.2, -0.15) is 5.10 Å². The SMILES string of the molecule is Cn1c(=O)c2c(ncn2CC(=O)NN=Cc2ccco2)n(C)c1=O. The predicted molar refractivity (Wildman–Crippen MR) is 84.7 cm³/mol. The van der Waals surface area contributed by atoms with Crippen molar-refractivity contribution in [3.05, 3.63) is 51.3 Å². The molecule has 0 radical (unpaired) electrons. The van der Waals surface area contributed by atoms with Crippen LogP contribution in [0.3, 0.4) is 0 Å². The second kappa shape index (κ2) is 5.99. The summed E-state index contributed by atoms with van der Waals surface area (Å²) < 4.78 is 8.63. The molecule has 0 fully saturated rings. The molecule has 24 heavy (non-hydrogen) atoms. The maximum Gasteiger partial charge on any atom is 0.332 e.